The van der Waals surface area contributed by atoms with E-state index >= 15 is 0 Å². The Morgan fingerprint density at radius 2 is 2.04 bits per heavy atom. The van der Waals surface area contributed by atoms with E-state index in [1.54, 1.807) is 11.3 Å². The van der Waals surface area contributed by atoms with Crippen molar-refractivity contribution in [2.75, 3.05) is 5.32 Å². The van der Waals surface area contributed by atoms with Gasteiger partial charge in [0.15, 0.2) is 5.82 Å². The summed E-state index contributed by atoms with van der Waals surface area (Å²) in [7, 11) is 0. The maximum absolute atomic E-state index is 11.2. The average Bonchev–Trinajstić information content (AvgIpc) is 3.22. The minimum atomic E-state index is -0.326. The lowest BCUT2D eigenvalue weighted by molar-refractivity contribution is 0.791. The van der Waals surface area contributed by atoms with Gasteiger partial charge in [-0.25, -0.2) is 19.9 Å². The van der Waals surface area contributed by atoms with Gasteiger partial charge in [0.05, 0.1) is 11.4 Å². The molecule has 24 heavy (non-hydrogen) atoms. The fourth-order valence-corrected chi connectivity index (χ4v) is 3.48. The van der Waals surface area contributed by atoms with Gasteiger partial charge in [-0.2, -0.15) is 5.10 Å². The van der Waals surface area contributed by atoms with Crippen molar-refractivity contribution in [3.63, 3.8) is 0 Å². The molecule has 7 nitrogen and oxygen atoms in total. The number of nitrogens with one attached hydrogen (secondary N) is 3. The van der Waals surface area contributed by atoms with E-state index in [0.29, 0.717) is 5.82 Å². The summed E-state index contributed by atoms with van der Waals surface area (Å²) in [6.45, 7) is 1.91. The number of benzene rings is 1. The van der Waals surface area contributed by atoms with Gasteiger partial charge >= 0.3 is 5.69 Å². The van der Waals surface area contributed by atoms with E-state index in [2.05, 4.69) is 48.7 Å². The summed E-state index contributed by atoms with van der Waals surface area (Å²) < 4.78 is 0. The van der Waals surface area contributed by atoms with Crippen molar-refractivity contribution in [2.45, 2.75) is 13.0 Å². The quantitative estimate of drug-likeness (QED) is 0.531. The molecule has 4 rings (SSSR count). The first-order valence-electron chi connectivity index (χ1n) is 7.42. The molecule has 1 aromatic carbocycles. The van der Waals surface area contributed by atoms with E-state index in [1.165, 1.54) is 6.33 Å². The highest BCUT2D eigenvalue weighted by molar-refractivity contribution is 7.21. The maximum atomic E-state index is 11.2. The van der Waals surface area contributed by atoms with Crippen molar-refractivity contribution in [1.82, 2.24) is 25.1 Å². The second kappa shape index (κ2) is 5.89. The van der Waals surface area contributed by atoms with Crippen molar-refractivity contribution >= 4 is 27.4 Å². The van der Waals surface area contributed by atoms with Crippen LogP contribution in [0.3, 0.4) is 0 Å². The van der Waals surface area contributed by atoms with Gasteiger partial charge in [-0.15, -0.1) is 11.3 Å². The number of thiophene rings is 1. The highest BCUT2D eigenvalue weighted by atomic mass is 32.1. The van der Waals surface area contributed by atoms with E-state index in [9.17, 15) is 4.79 Å². The summed E-state index contributed by atoms with van der Waals surface area (Å²) in [4.78, 5) is 24.6. The van der Waals surface area contributed by atoms with E-state index < -0.39 is 0 Å². The summed E-state index contributed by atoms with van der Waals surface area (Å²) in [5.74, 6) is 1.25. The third-order valence-corrected chi connectivity index (χ3v) is 4.76. The molecule has 0 radical (unpaired) electrons. The number of aromatic amines is 2. The SMILES string of the molecule is CC(Nc1ncnc2sc(-c3ccccc3)cc12)c1n[nH]c(=O)[nH]1. The zero-order valence-corrected chi connectivity index (χ0v) is 13.6. The van der Waals surface area contributed by atoms with Crippen molar-refractivity contribution in [3.05, 3.63) is 59.0 Å². The predicted octanol–water partition coefficient (Wildman–Crippen LogP) is 2.94. The Bertz CT molecular complexity index is 1040. The van der Waals surface area contributed by atoms with Crippen LogP contribution in [0.1, 0.15) is 18.8 Å². The molecule has 0 aliphatic heterocycles. The number of nitrogens with zero attached hydrogens (tertiary/aromatic N) is 3. The lowest BCUT2D eigenvalue weighted by atomic mass is 10.2. The maximum Gasteiger partial charge on any atom is 0.340 e. The van der Waals surface area contributed by atoms with Crippen LogP contribution in [0.5, 0.6) is 0 Å². The Balaban J connectivity index is 1.71. The highest BCUT2D eigenvalue weighted by Crippen LogP contribution is 2.35. The van der Waals surface area contributed by atoms with Crippen molar-refractivity contribution in [1.29, 1.82) is 0 Å². The minimum Gasteiger partial charge on any atom is -0.360 e. The first-order chi connectivity index (χ1) is 11.7. The van der Waals surface area contributed by atoms with E-state index in [1.807, 2.05) is 25.1 Å². The van der Waals surface area contributed by atoms with Crippen LogP contribution in [0.2, 0.25) is 0 Å². The van der Waals surface area contributed by atoms with Gasteiger partial charge in [0.1, 0.15) is 17.0 Å². The van der Waals surface area contributed by atoms with Crippen LogP contribution in [-0.4, -0.2) is 25.1 Å². The van der Waals surface area contributed by atoms with E-state index in [4.69, 9.17) is 0 Å². The monoisotopic (exact) mass is 338 g/mol. The molecule has 120 valence electrons. The average molecular weight is 338 g/mol. The molecule has 3 heterocycles. The molecule has 8 heteroatoms. The molecule has 1 atom stereocenters. The molecular weight excluding hydrogens is 324 g/mol. The van der Waals surface area contributed by atoms with Crippen molar-refractivity contribution < 1.29 is 0 Å². The normalized spacial score (nSPS) is 12.4. The third kappa shape index (κ3) is 2.67. The molecule has 0 saturated heterocycles. The van der Waals surface area contributed by atoms with Gasteiger partial charge < -0.3 is 5.32 Å². The lowest BCUT2D eigenvalue weighted by Crippen LogP contribution is -2.11. The van der Waals surface area contributed by atoms with Crippen molar-refractivity contribution in [2.24, 2.45) is 0 Å². The summed E-state index contributed by atoms with van der Waals surface area (Å²) in [6.07, 6.45) is 1.54. The van der Waals surface area contributed by atoms with Crippen LogP contribution in [-0.2, 0) is 0 Å². The first kappa shape index (κ1) is 14.6. The molecule has 4 aromatic rings. The number of fused-ring (bicyclic) bond motifs is 1. The smallest absolute Gasteiger partial charge is 0.340 e. The third-order valence-electron chi connectivity index (χ3n) is 3.67. The number of anilines is 1. The molecule has 0 amide bonds. The molecule has 3 N–H and O–H groups in total. The Morgan fingerprint density at radius 3 is 2.79 bits per heavy atom. The lowest BCUT2D eigenvalue weighted by Gasteiger charge is -2.11. The standard InChI is InChI=1S/C16H14N6OS/c1-9(13-20-16(23)22-21-13)19-14-11-7-12(10-5-3-2-4-6-10)24-15(11)18-8-17-14/h2-9H,1H3,(H,17,18,19)(H2,20,21,22,23). The highest BCUT2D eigenvalue weighted by Gasteiger charge is 2.14. The van der Waals surface area contributed by atoms with Gasteiger partial charge in [0.2, 0.25) is 0 Å². The molecule has 0 saturated carbocycles. The number of aromatic nitrogens is 5. The zero-order valence-electron chi connectivity index (χ0n) is 12.8. The number of rotatable bonds is 4. The van der Waals surface area contributed by atoms with Crippen LogP contribution in [0.4, 0.5) is 5.82 Å². The Hall–Kier alpha value is -3.00. The molecule has 3 aromatic heterocycles. The van der Waals surface area contributed by atoms with Gasteiger partial charge in [-0.3, -0.25) is 4.98 Å². The fourth-order valence-electron chi connectivity index (χ4n) is 2.48. The van der Waals surface area contributed by atoms with Gasteiger partial charge in [0.25, 0.3) is 0 Å². The van der Waals surface area contributed by atoms with Crippen molar-refractivity contribution in [3.8, 4) is 10.4 Å². The molecule has 0 spiro atoms. The second-order valence-corrected chi connectivity index (χ2v) is 6.38. The Labute approximate surface area is 140 Å². The summed E-state index contributed by atoms with van der Waals surface area (Å²) in [5, 5.41) is 10.5. The molecule has 0 aliphatic carbocycles. The van der Waals surface area contributed by atoms with Crippen LogP contribution in [0.25, 0.3) is 20.7 Å². The summed E-state index contributed by atoms with van der Waals surface area (Å²) in [5.41, 5.74) is 0.824. The van der Waals surface area contributed by atoms with Crippen LogP contribution < -0.4 is 11.0 Å². The molecule has 0 aliphatic rings. The Kier molecular flexibility index (Phi) is 3.58. The summed E-state index contributed by atoms with van der Waals surface area (Å²) in [6, 6.07) is 12.1. The molecule has 1 unspecified atom stereocenters. The first-order valence-corrected chi connectivity index (χ1v) is 8.23. The predicted molar refractivity (Wildman–Crippen MR) is 94.1 cm³/mol. The molecular formula is C16H14N6OS. The number of H-pyrrole nitrogens is 2. The Morgan fingerprint density at radius 1 is 1.21 bits per heavy atom. The van der Waals surface area contributed by atoms with Gasteiger partial charge in [-0.1, -0.05) is 30.3 Å². The van der Waals surface area contributed by atoms with Gasteiger partial charge in [-0.05, 0) is 18.6 Å². The topological polar surface area (TPSA) is 99.3 Å². The largest absolute Gasteiger partial charge is 0.360 e. The second-order valence-electron chi connectivity index (χ2n) is 5.35. The van der Waals surface area contributed by atoms with Gasteiger partial charge in [0, 0.05) is 4.88 Å². The number of hydrogen-bond donors (Lipinski definition) is 3. The molecule has 0 fully saturated rings. The summed E-state index contributed by atoms with van der Waals surface area (Å²) >= 11 is 1.62. The van der Waals surface area contributed by atoms with Crippen LogP contribution in [0, 0.1) is 0 Å². The number of hydrogen-bond acceptors (Lipinski definition) is 6. The van der Waals surface area contributed by atoms with E-state index in [-0.39, 0.29) is 11.7 Å². The molecule has 0 bridgehead atoms. The minimum absolute atomic E-state index is 0.192. The fraction of sp³-hybridized carbons (Fsp3) is 0.125. The van der Waals surface area contributed by atoms with Crippen LogP contribution in [0.15, 0.2) is 47.5 Å². The van der Waals surface area contributed by atoms with Crippen LogP contribution >= 0.6 is 11.3 Å². The zero-order chi connectivity index (χ0) is 16.5. The van der Waals surface area contributed by atoms with E-state index in [0.717, 1.165) is 26.5 Å².